The van der Waals surface area contributed by atoms with Crippen molar-refractivity contribution in [2.24, 2.45) is 0 Å². The van der Waals surface area contributed by atoms with E-state index in [0.717, 1.165) is 31.9 Å². The van der Waals surface area contributed by atoms with Crippen molar-refractivity contribution in [1.82, 2.24) is 0 Å². The zero-order valence-corrected chi connectivity index (χ0v) is 15.9. The quantitative estimate of drug-likeness (QED) is 0.360. The van der Waals surface area contributed by atoms with Crippen molar-refractivity contribution in [2.45, 2.75) is 78.2 Å². The summed E-state index contributed by atoms with van der Waals surface area (Å²) in [5, 5.41) is 0. The maximum absolute atomic E-state index is 6.30. The standard InChI is InChI=1S/C16H34O5Si/c1-6-10-22(19-8-3,20-9-4)21-14(5)11-15(7-2)17-12-16-13-18-16/h14-16H,6-13H2,1-5H3. The lowest BCUT2D eigenvalue weighted by Gasteiger charge is -2.32. The minimum absolute atomic E-state index is 0.0707. The fraction of sp³-hybridized carbons (Fsp3) is 1.00. The summed E-state index contributed by atoms with van der Waals surface area (Å²) in [4.78, 5) is 0. The molecule has 0 aliphatic carbocycles. The molecular formula is C16H34O5Si. The van der Waals surface area contributed by atoms with Crippen molar-refractivity contribution < 1.29 is 22.8 Å². The van der Waals surface area contributed by atoms with Crippen LogP contribution in [0.2, 0.25) is 6.04 Å². The molecule has 1 heterocycles. The number of rotatable bonds is 14. The van der Waals surface area contributed by atoms with Crippen LogP contribution in [-0.2, 0) is 22.8 Å². The Morgan fingerprint density at radius 2 is 1.77 bits per heavy atom. The second kappa shape index (κ2) is 10.7. The molecule has 0 aromatic rings. The lowest BCUT2D eigenvalue weighted by Crippen LogP contribution is -2.48. The summed E-state index contributed by atoms with van der Waals surface area (Å²) >= 11 is 0. The van der Waals surface area contributed by atoms with E-state index in [-0.39, 0.29) is 12.2 Å². The van der Waals surface area contributed by atoms with Crippen LogP contribution in [0.15, 0.2) is 0 Å². The largest absolute Gasteiger partial charge is 0.501 e. The molecule has 5 nitrogen and oxygen atoms in total. The van der Waals surface area contributed by atoms with Gasteiger partial charge >= 0.3 is 8.80 Å². The molecule has 0 amide bonds. The molecule has 0 radical (unpaired) electrons. The van der Waals surface area contributed by atoms with E-state index in [1.165, 1.54) is 0 Å². The van der Waals surface area contributed by atoms with Crippen LogP contribution < -0.4 is 0 Å². The molecule has 1 aliphatic heterocycles. The van der Waals surface area contributed by atoms with Gasteiger partial charge in [0, 0.05) is 25.4 Å². The molecule has 0 aromatic carbocycles. The van der Waals surface area contributed by atoms with Gasteiger partial charge in [-0.2, -0.15) is 0 Å². The first-order valence-electron chi connectivity index (χ1n) is 8.77. The Labute approximate surface area is 137 Å². The fourth-order valence-electron chi connectivity index (χ4n) is 2.54. The predicted molar refractivity (Wildman–Crippen MR) is 89.0 cm³/mol. The number of epoxide rings is 1. The fourth-order valence-corrected chi connectivity index (χ4v) is 5.37. The van der Waals surface area contributed by atoms with Crippen molar-refractivity contribution in [1.29, 1.82) is 0 Å². The van der Waals surface area contributed by atoms with Gasteiger partial charge in [-0.15, -0.1) is 0 Å². The van der Waals surface area contributed by atoms with E-state index < -0.39 is 8.80 Å². The lowest BCUT2D eigenvalue weighted by molar-refractivity contribution is -0.0125. The Morgan fingerprint density at radius 1 is 1.14 bits per heavy atom. The summed E-state index contributed by atoms with van der Waals surface area (Å²) in [7, 11) is -2.55. The van der Waals surface area contributed by atoms with Crippen molar-refractivity contribution in [3.8, 4) is 0 Å². The Bertz CT molecular complexity index is 269. The van der Waals surface area contributed by atoms with E-state index in [0.29, 0.717) is 25.9 Å². The minimum atomic E-state index is -2.55. The molecule has 0 N–H and O–H groups in total. The third-order valence-electron chi connectivity index (χ3n) is 3.64. The molecule has 22 heavy (non-hydrogen) atoms. The van der Waals surface area contributed by atoms with Crippen molar-refractivity contribution >= 4 is 8.80 Å². The number of hydrogen-bond acceptors (Lipinski definition) is 5. The second-order valence-corrected chi connectivity index (χ2v) is 8.46. The highest BCUT2D eigenvalue weighted by atomic mass is 28.4. The molecule has 6 heteroatoms. The first kappa shape index (κ1) is 20.1. The molecule has 1 rings (SSSR count). The van der Waals surface area contributed by atoms with Crippen LogP contribution in [-0.4, -0.2) is 53.5 Å². The van der Waals surface area contributed by atoms with Crippen molar-refractivity contribution in [2.75, 3.05) is 26.4 Å². The first-order chi connectivity index (χ1) is 10.6. The third-order valence-corrected chi connectivity index (χ3v) is 6.97. The van der Waals surface area contributed by atoms with Crippen LogP contribution in [0.1, 0.15) is 53.9 Å². The Balaban J connectivity index is 2.49. The molecule has 0 bridgehead atoms. The zero-order chi connectivity index (χ0) is 16.4. The van der Waals surface area contributed by atoms with Gasteiger partial charge in [0.2, 0.25) is 0 Å². The summed E-state index contributed by atoms with van der Waals surface area (Å²) in [6.45, 7) is 13.2. The zero-order valence-electron chi connectivity index (χ0n) is 14.9. The molecule has 0 spiro atoms. The van der Waals surface area contributed by atoms with E-state index >= 15 is 0 Å². The van der Waals surface area contributed by atoms with Gasteiger partial charge < -0.3 is 22.8 Å². The monoisotopic (exact) mass is 334 g/mol. The van der Waals surface area contributed by atoms with Gasteiger partial charge in [0.05, 0.1) is 19.3 Å². The van der Waals surface area contributed by atoms with Gasteiger partial charge in [0.15, 0.2) is 0 Å². The molecule has 1 saturated heterocycles. The number of ether oxygens (including phenoxy) is 2. The van der Waals surface area contributed by atoms with E-state index in [2.05, 4.69) is 20.8 Å². The van der Waals surface area contributed by atoms with Gasteiger partial charge in [-0.05, 0) is 33.6 Å². The van der Waals surface area contributed by atoms with Gasteiger partial charge in [-0.3, -0.25) is 0 Å². The van der Waals surface area contributed by atoms with Crippen LogP contribution >= 0.6 is 0 Å². The maximum Gasteiger partial charge on any atom is 0.501 e. The number of hydrogen-bond donors (Lipinski definition) is 0. The molecular weight excluding hydrogens is 300 g/mol. The molecule has 132 valence electrons. The summed E-state index contributed by atoms with van der Waals surface area (Å²) < 4.78 is 29.3. The predicted octanol–water partition coefficient (Wildman–Crippen LogP) is 3.40. The summed E-state index contributed by atoms with van der Waals surface area (Å²) in [5.41, 5.74) is 0. The second-order valence-electron chi connectivity index (χ2n) is 5.78. The van der Waals surface area contributed by atoms with Gasteiger partial charge in [-0.25, -0.2) is 0 Å². The Kier molecular flexibility index (Phi) is 9.78. The SMILES string of the molecule is CCC[Si](OCC)(OCC)OC(C)CC(CC)OCC1CO1. The maximum atomic E-state index is 6.30. The van der Waals surface area contributed by atoms with Crippen molar-refractivity contribution in [3.05, 3.63) is 0 Å². The summed E-state index contributed by atoms with van der Waals surface area (Å²) in [5.74, 6) is 0. The van der Waals surface area contributed by atoms with E-state index in [4.69, 9.17) is 22.8 Å². The van der Waals surface area contributed by atoms with Gasteiger partial charge in [0.1, 0.15) is 6.10 Å². The molecule has 3 atom stereocenters. The molecule has 0 aromatic heterocycles. The lowest BCUT2D eigenvalue weighted by atomic mass is 10.1. The normalized spacial score (nSPS) is 20.9. The summed E-state index contributed by atoms with van der Waals surface area (Å²) in [6.07, 6.45) is 3.43. The highest BCUT2D eigenvalue weighted by Gasteiger charge is 2.41. The van der Waals surface area contributed by atoms with Gasteiger partial charge in [-0.1, -0.05) is 20.3 Å². The highest BCUT2D eigenvalue weighted by Crippen LogP contribution is 2.23. The Morgan fingerprint density at radius 3 is 2.23 bits per heavy atom. The third kappa shape index (κ3) is 7.52. The van der Waals surface area contributed by atoms with Gasteiger partial charge in [0.25, 0.3) is 0 Å². The average molecular weight is 335 g/mol. The Hall–Kier alpha value is 0.0169. The molecule has 1 aliphatic rings. The van der Waals surface area contributed by atoms with Crippen molar-refractivity contribution in [3.63, 3.8) is 0 Å². The first-order valence-corrected chi connectivity index (χ1v) is 10.7. The topological polar surface area (TPSA) is 49.5 Å². The smallest absolute Gasteiger partial charge is 0.375 e. The minimum Gasteiger partial charge on any atom is -0.375 e. The van der Waals surface area contributed by atoms with E-state index in [1.807, 2.05) is 13.8 Å². The molecule has 3 unspecified atom stereocenters. The van der Waals surface area contributed by atoms with Crippen LogP contribution in [0.3, 0.4) is 0 Å². The summed E-state index contributed by atoms with van der Waals surface area (Å²) in [6, 6.07) is 0.868. The van der Waals surface area contributed by atoms with E-state index in [1.54, 1.807) is 0 Å². The van der Waals surface area contributed by atoms with Crippen LogP contribution in [0.4, 0.5) is 0 Å². The van der Waals surface area contributed by atoms with E-state index in [9.17, 15) is 0 Å². The average Bonchev–Trinajstić information content (AvgIpc) is 3.28. The van der Waals surface area contributed by atoms with Crippen LogP contribution in [0, 0.1) is 0 Å². The highest BCUT2D eigenvalue weighted by molar-refractivity contribution is 6.60. The van der Waals surface area contributed by atoms with Crippen LogP contribution in [0.5, 0.6) is 0 Å². The molecule has 1 fully saturated rings. The van der Waals surface area contributed by atoms with Crippen LogP contribution in [0.25, 0.3) is 0 Å². The molecule has 0 saturated carbocycles.